The van der Waals surface area contributed by atoms with Crippen LogP contribution >= 0.6 is 0 Å². The van der Waals surface area contributed by atoms with E-state index in [0.29, 0.717) is 11.4 Å². The third-order valence-electron chi connectivity index (χ3n) is 1.35. The highest BCUT2D eigenvalue weighted by atomic mass is 16.3. The molecule has 2 heterocycles. The summed E-state index contributed by atoms with van der Waals surface area (Å²) in [4.78, 5) is 7.69. The predicted octanol–water partition coefficient (Wildman–Crippen LogP) is 1.24. The molecular formula is C8H5N2O2. The average Bonchev–Trinajstić information content (AvgIpc) is 2.56. The molecule has 0 atom stereocenters. The van der Waals surface area contributed by atoms with Crippen LogP contribution in [0.15, 0.2) is 29.0 Å². The Balaban J connectivity index is 2.48. The van der Waals surface area contributed by atoms with Crippen LogP contribution in [0.3, 0.4) is 0 Å². The molecular weight excluding hydrogens is 156 g/mol. The number of furan rings is 1. The normalized spacial score (nSPS) is 10.0. The molecule has 0 saturated carbocycles. The molecule has 0 aliphatic heterocycles. The summed E-state index contributed by atoms with van der Waals surface area (Å²) in [6.45, 7) is 0. The van der Waals surface area contributed by atoms with Crippen LogP contribution in [-0.2, 0) is 0 Å². The molecule has 2 rings (SSSR count). The molecule has 1 radical (unpaired) electrons. The molecule has 0 fully saturated rings. The summed E-state index contributed by atoms with van der Waals surface area (Å²) in [6.07, 6.45) is 5.52. The number of rotatable bonds is 1. The quantitative estimate of drug-likeness (QED) is 0.683. The lowest BCUT2D eigenvalue weighted by Gasteiger charge is -1.93. The highest BCUT2D eigenvalue weighted by Crippen LogP contribution is 2.15. The molecule has 0 saturated heterocycles. The first-order chi connectivity index (χ1) is 5.86. The Bertz CT molecular complexity index is 370. The standard InChI is InChI=1S/C8H5N2O2/c11-7-1-3-9-8(10-7)6-2-4-12-5-6/h1-4H,(H,9,10,11). The van der Waals surface area contributed by atoms with Crippen molar-refractivity contribution in [1.82, 2.24) is 9.97 Å². The van der Waals surface area contributed by atoms with Crippen LogP contribution in [-0.4, -0.2) is 15.1 Å². The van der Waals surface area contributed by atoms with Crippen LogP contribution in [0.4, 0.5) is 0 Å². The molecule has 12 heavy (non-hydrogen) atoms. The monoisotopic (exact) mass is 161 g/mol. The van der Waals surface area contributed by atoms with Crippen LogP contribution in [0.2, 0.25) is 0 Å². The second-order valence-electron chi connectivity index (χ2n) is 2.17. The van der Waals surface area contributed by atoms with Crippen LogP contribution in [0, 0.1) is 6.26 Å². The third kappa shape index (κ3) is 1.14. The molecule has 2 aromatic heterocycles. The molecule has 4 heteroatoms. The first-order valence-electron chi connectivity index (χ1n) is 3.34. The second kappa shape index (κ2) is 2.65. The molecule has 0 spiro atoms. The SMILES string of the molecule is Oc1ccnc(-c2[c]occ2)n1. The van der Waals surface area contributed by atoms with Gasteiger partial charge in [0.2, 0.25) is 5.88 Å². The van der Waals surface area contributed by atoms with Crippen molar-refractivity contribution in [2.45, 2.75) is 0 Å². The molecule has 0 unspecified atom stereocenters. The van der Waals surface area contributed by atoms with Gasteiger partial charge in [0, 0.05) is 12.3 Å². The Labute approximate surface area is 68.5 Å². The number of hydrogen-bond acceptors (Lipinski definition) is 4. The zero-order valence-electron chi connectivity index (χ0n) is 6.06. The van der Waals surface area contributed by atoms with E-state index < -0.39 is 0 Å². The molecule has 0 aliphatic rings. The number of hydrogen-bond donors (Lipinski definition) is 1. The van der Waals surface area contributed by atoms with Crippen LogP contribution in [0.1, 0.15) is 0 Å². The lowest BCUT2D eigenvalue weighted by Crippen LogP contribution is -1.85. The highest BCUT2D eigenvalue weighted by Gasteiger charge is 2.02. The van der Waals surface area contributed by atoms with Crippen molar-refractivity contribution in [1.29, 1.82) is 0 Å². The first-order valence-corrected chi connectivity index (χ1v) is 3.34. The Hall–Kier alpha value is -1.84. The minimum Gasteiger partial charge on any atom is -0.493 e. The van der Waals surface area contributed by atoms with Crippen molar-refractivity contribution in [2.75, 3.05) is 0 Å². The van der Waals surface area contributed by atoms with Gasteiger partial charge in [-0.15, -0.1) is 0 Å². The number of aromatic hydroxyl groups is 1. The van der Waals surface area contributed by atoms with E-state index in [1.165, 1.54) is 18.5 Å². The predicted molar refractivity (Wildman–Crippen MR) is 40.2 cm³/mol. The van der Waals surface area contributed by atoms with Gasteiger partial charge in [-0.05, 0) is 6.07 Å². The minimum absolute atomic E-state index is 0.0606. The molecule has 0 aromatic carbocycles. The molecule has 2 aromatic rings. The van der Waals surface area contributed by atoms with Gasteiger partial charge in [-0.25, -0.2) is 4.98 Å². The summed E-state index contributed by atoms with van der Waals surface area (Å²) < 4.78 is 4.72. The van der Waals surface area contributed by atoms with Crippen molar-refractivity contribution in [3.05, 3.63) is 30.9 Å². The van der Waals surface area contributed by atoms with E-state index in [1.54, 1.807) is 6.07 Å². The largest absolute Gasteiger partial charge is 0.493 e. The fraction of sp³-hybridized carbons (Fsp3) is 0. The molecule has 4 nitrogen and oxygen atoms in total. The lowest BCUT2D eigenvalue weighted by molar-refractivity contribution is 0.453. The van der Waals surface area contributed by atoms with Crippen LogP contribution < -0.4 is 0 Å². The van der Waals surface area contributed by atoms with Gasteiger partial charge >= 0.3 is 0 Å². The van der Waals surface area contributed by atoms with Gasteiger partial charge in [-0.3, -0.25) is 0 Å². The van der Waals surface area contributed by atoms with Gasteiger partial charge < -0.3 is 9.52 Å². The van der Waals surface area contributed by atoms with Gasteiger partial charge in [0.25, 0.3) is 0 Å². The molecule has 59 valence electrons. The molecule has 0 amide bonds. The smallest absolute Gasteiger partial charge is 0.214 e. The molecule has 0 bridgehead atoms. The van der Waals surface area contributed by atoms with Crippen molar-refractivity contribution in [3.8, 4) is 17.3 Å². The Kier molecular flexibility index (Phi) is 1.51. The summed E-state index contributed by atoms with van der Waals surface area (Å²) in [5.74, 6) is 0.346. The number of nitrogens with zero attached hydrogens (tertiary/aromatic N) is 2. The maximum Gasteiger partial charge on any atom is 0.214 e. The average molecular weight is 161 g/mol. The van der Waals surface area contributed by atoms with E-state index in [4.69, 9.17) is 9.52 Å². The second-order valence-corrected chi connectivity index (χ2v) is 2.17. The van der Waals surface area contributed by atoms with Gasteiger partial charge in [0.05, 0.1) is 11.8 Å². The Morgan fingerprint density at radius 3 is 3.00 bits per heavy atom. The zero-order chi connectivity index (χ0) is 8.39. The summed E-state index contributed by atoms with van der Waals surface area (Å²) in [5, 5.41) is 9.02. The van der Waals surface area contributed by atoms with E-state index in [0.717, 1.165) is 0 Å². The van der Waals surface area contributed by atoms with E-state index in [9.17, 15) is 0 Å². The van der Waals surface area contributed by atoms with Crippen LogP contribution in [0.25, 0.3) is 11.4 Å². The summed E-state index contributed by atoms with van der Waals surface area (Å²) >= 11 is 0. The highest BCUT2D eigenvalue weighted by molar-refractivity contribution is 5.51. The fourth-order valence-electron chi connectivity index (χ4n) is 0.833. The van der Waals surface area contributed by atoms with Gasteiger partial charge in [0.15, 0.2) is 12.1 Å². The van der Waals surface area contributed by atoms with E-state index >= 15 is 0 Å². The van der Waals surface area contributed by atoms with E-state index in [1.807, 2.05) is 0 Å². The van der Waals surface area contributed by atoms with Crippen LogP contribution in [0.5, 0.6) is 5.88 Å². The lowest BCUT2D eigenvalue weighted by atomic mass is 10.3. The van der Waals surface area contributed by atoms with Gasteiger partial charge in [-0.2, -0.15) is 4.98 Å². The van der Waals surface area contributed by atoms with E-state index in [2.05, 4.69) is 16.2 Å². The van der Waals surface area contributed by atoms with Crippen molar-refractivity contribution >= 4 is 0 Å². The topological polar surface area (TPSA) is 59.2 Å². The Morgan fingerprint density at radius 2 is 2.33 bits per heavy atom. The van der Waals surface area contributed by atoms with Gasteiger partial charge in [0.1, 0.15) is 0 Å². The van der Waals surface area contributed by atoms with Crippen molar-refractivity contribution in [2.24, 2.45) is 0 Å². The molecule has 0 aliphatic carbocycles. The summed E-state index contributed by atoms with van der Waals surface area (Å²) in [7, 11) is 0. The Morgan fingerprint density at radius 1 is 1.42 bits per heavy atom. The van der Waals surface area contributed by atoms with Gasteiger partial charge in [-0.1, -0.05) is 0 Å². The maximum absolute atomic E-state index is 9.02. The van der Waals surface area contributed by atoms with E-state index in [-0.39, 0.29) is 5.88 Å². The summed E-state index contributed by atoms with van der Waals surface area (Å²) in [5.41, 5.74) is 0.630. The third-order valence-corrected chi connectivity index (χ3v) is 1.35. The minimum atomic E-state index is -0.0606. The van der Waals surface area contributed by atoms with Crippen molar-refractivity contribution in [3.63, 3.8) is 0 Å². The molecule has 1 N–H and O–H groups in total. The maximum atomic E-state index is 9.02. The zero-order valence-corrected chi connectivity index (χ0v) is 6.06. The number of aromatic nitrogens is 2. The first kappa shape index (κ1) is 6.84. The van der Waals surface area contributed by atoms with Crippen molar-refractivity contribution < 1.29 is 9.52 Å². The summed E-state index contributed by atoms with van der Waals surface area (Å²) in [6, 6.07) is 3.08. The fourth-order valence-corrected chi connectivity index (χ4v) is 0.833.